The number of hydrogen-bond acceptors (Lipinski definition) is 20. The van der Waals surface area contributed by atoms with Gasteiger partial charge in [-0.1, -0.05) is 132 Å². The van der Waals surface area contributed by atoms with Gasteiger partial charge in [-0.25, -0.2) is 19.2 Å². The summed E-state index contributed by atoms with van der Waals surface area (Å²) >= 11 is 0. The van der Waals surface area contributed by atoms with E-state index in [1.807, 2.05) is 97.1 Å². The summed E-state index contributed by atoms with van der Waals surface area (Å²) in [6.07, 6.45) is 26.5. The molecule has 4 aromatic rings. The van der Waals surface area contributed by atoms with Crippen molar-refractivity contribution in [2.45, 2.75) is 309 Å². The second-order valence-electron chi connectivity index (χ2n) is 34.6. The molecule has 9 fully saturated rings. The van der Waals surface area contributed by atoms with E-state index in [9.17, 15) is 19.2 Å². The van der Waals surface area contributed by atoms with E-state index in [-0.39, 0.29) is 145 Å². The van der Waals surface area contributed by atoms with Crippen LogP contribution in [0.1, 0.15) is 277 Å². The largest absolute Gasteiger partial charge is 0.490 e. The van der Waals surface area contributed by atoms with Crippen LogP contribution in [0.25, 0.3) is 0 Å². The van der Waals surface area contributed by atoms with Crippen LogP contribution in [0, 0.1) is 71.0 Å². The minimum atomic E-state index is -0.302. The molecule has 112 heavy (non-hydrogen) atoms. The van der Waals surface area contributed by atoms with Crippen molar-refractivity contribution in [3.8, 4) is 23.0 Å². The van der Waals surface area contributed by atoms with Crippen molar-refractivity contribution in [2.75, 3.05) is 26.4 Å². The van der Waals surface area contributed by atoms with Crippen LogP contribution in [0.4, 0.5) is 0 Å². The number of carbonyl (C=O) groups is 4. The summed E-state index contributed by atoms with van der Waals surface area (Å²) in [5.74, 6) is 3.89. The zero-order valence-corrected chi connectivity index (χ0v) is 68.6. The number of carbonyl (C=O) groups excluding carboxylic acids is 4. The fourth-order valence-corrected chi connectivity index (χ4v) is 20.7. The average molecular weight is 1550 g/mol. The fraction of sp³-hybridized carbons (Fsp3) is 0.696. The van der Waals surface area contributed by atoms with Crippen molar-refractivity contribution in [3.63, 3.8) is 0 Å². The third-order valence-corrected chi connectivity index (χ3v) is 27.4. The molecule has 5 aliphatic heterocycles. The van der Waals surface area contributed by atoms with Crippen molar-refractivity contribution in [1.82, 2.24) is 42.5 Å². The van der Waals surface area contributed by atoms with E-state index in [0.29, 0.717) is 72.4 Å². The van der Waals surface area contributed by atoms with Crippen molar-refractivity contribution in [2.24, 2.45) is 71.0 Å². The first-order valence-electron chi connectivity index (χ1n) is 44.6. The number of hydrogen-bond donors (Lipinski definition) is 8. The van der Waals surface area contributed by atoms with E-state index in [4.69, 9.17) is 37.9 Å². The van der Waals surface area contributed by atoms with E-state index in [2.05, 4.69) is 97.9 Å². The molecular formula is C92H136N8O12. The molecule has 0 radical (unpaired) electrons. The van der Waals surface area contributed by atoms with Gasteiger partial charge in [0.25, 0.3) is 0 Å². The van der Waals surface area contributed by atoms with E-state index < -0.39 is 0 Å². The quantitative estimate of drug-likeness (QED) is 0.0156. The smallest absolute Gasteiger partial charge is 0.338 e. The zero-order valence-electron chi connectivity index (χ0n) is 68.6. The van der Waals surface area contributed by atoms with Gasteiger partial charge in [-0.15, -0.1) is 0 Å². The van der Waals surface area contributed by atoms with Crippen LogP contribution in [0.5, 0.6) is 23.0 Å². The molecule has 616 valence electrons. The molecule has 8 N–H and O–H groups in total. The van der Waals surface area contributed by atoms with Crippen molar-refractivity contribution in [3.05, 3.63) is 119 Å². The van der Waals surface area contributed by atoms with Gasteiger partial charge < -0.3 is 37.9 Å². The van der Waals surface area contributed by atoms with Gasteiger partial charge in [0.2, 0.25) is 0 Å². The first-order valence-corrected chi connectivity index (χ1v) is 44.6. The Labute approximate surface area is 668 Å². The van der Waals surface area contributed by atoms with Crippen LogP contribution >= 0.6 is 0 Å². The molecule has 0 aromatic heterocycles. The summed E-state index contributed by atoms with van der Waals surface area (Å²) in [7, 11) is 0. The predicted octanol–water partition coefficient (Wildman–Crippen LogP) is 16.3. The SMILES string of the molecule is CCCCC(CC)COC(=O)c1ccc(OC2CCCC3C4NC(NC5NC(NC6NC(NC7NC(N4)C4C(Oc8ccc(C(=O)OCC(CC)CCCC)cc8)CCCC74)C4C(Oc7ccc(C(=O)OCC(CC)CCCC)cc7)CCCC64)C4C(Oc6ccc(C(=O)OCC(CC)CCCC)cc6)CCCC54)C23)cc1. The molecule has 8 bridgehead atoms. The van der Waals surface area contributed by atoms with E-state index in [1.54, 1.807) is 0 Å². The molecular weight excluding hydrogens is 1410 g/mol. The normalized spacial score (nSPS) is 31.6. The van der Waals surface area contributed by atoms with Gasteiger partial charge in [0.1, 0.15) is 47.4 Å². The van der Waals surface area contributed by atoms with Crippen LogP contribution in [0.3, 0.4) is 0 Å². The number of esters is 4. The monoisotopic (exact) mass is 1550 g/mol. The third-order valence-electron chi connectivity index (χ3n) is 27.4. The first-order chi connectivity index (χ1) is 54.8. The van der Waals surface area contributed by atoms with Crippen LogP contribution in [0.15, 0.2) is 97.1 Å². The standard InChI is InChI=1S/C92H136N8O12/c1-9-17-25-57(13-5)53-105-89(101)61-37-45-65(46-38-61)109-73-33-21-29-69-77(73)85-93-81(69)98-86-79-71(31-23-35-75(79)111-67-49-41-63(42-50-67)91(103)107-55-59(15-7)27-19-11-3)83(95-86)100-88-80-72(32-24-36-76(80)112-68-51-43-64(44-52-68)92(104)108-56-60(16-8)28-20-12-4)84(96-88)99-87-78-70(82(94-87)97-85)30-22-34-74(78)110-66-47-39-62(40-48-66)90(102)106-54-58(14-6)26-18-10-2/h37-52,57-60,69-88,93-100H,9-36,53-56H2,1-8H3. The maximum absolute atomic E-state index is 13.6. The minimum absolute atomic E-state index is 0.0356. The van der Waals surface area contributed by atoms with Gasteiger partial charge in [0.15, 0.2) is 0 Å². The molecule has 20 nitrogen and oxygen atoms in total. The molecule has 5 heterocycles. The van der Waals surface area contributed by atoms with E-state index in [0.717, 1.165) is 203 Å². The Morgan fingerprint density at radius 3 is 0.661 bits per heavy atom. The lowest BCUT2D eigenvalue weighted by Crippen LogP contribution is -2.62. The fourth-order valence-electron chi connectivity index (χ4n) is 20.7. The Morgan fingerprint density at radius 1 is 0.286 bits per heavy atom. The van der Waals surface area contributed by atoms with Crippen molar-refractivity contribution >= 4 is 23.9 Å². The molecule has 20 heteroatoms. The molecule has 0 amide bonds. The molecule has 16 unspecified atom stereocenters. The summed E-state index contributed by atoms with van der Waals surface area (Å²) in [5.41, 5.74) is 2.10. The second-order valence-corrected chi connectivity index (χ2v) is 34.6. The molecule has 16 atom stereocenters. The number of rotatable bonds is 36. The number of unbranched alkanes of at least 4 members (excludes halogenated alkanes) is 4. The van der Waals surface area contributed by atoms with Crippen LogP contribution in [0.2, 0.25) is 0 Å². The lowest BCUT2D eigenvalue weighted by Gasteiger charge is -2.41. The number of ether oxygens (including phenoxy) is 8. The Morgan fingerprint density at radius 2 is 0.482 bits per heavy atom. The minimum Gasteiger partial charge on any atom is -0.490 e. The van der Waals surface area contributed by atoms with Gasteiger partial charge >= 0.3 is 23.9 Å². The zero-order chi connectivity index (χ0) is 78.0. The highest BCUT2D eigenvalue weighted by Gasteiger charge is 2.60. The van der Waals surface area contributed by atoms with Gasteiger partial charge in [-0.05, 0) is 247 Å². The Hall–Kier alpha value is -6.36. The Balaban J connectivity index is 0.814. The highest BCUT2D eigenvalue weighted by Crippen LogP contribution is 2.49. The predicted molar refractivity (Wildman–Crippen MR) is 436 cm³/mol. The molecule has 9 aliphatic rings. The average Bonchev–Trinajstić information content (AvgIpc) is 1.59. The first kappa shape index (κ1) is 83.6. The number of fused-ring (bicyclic) bond motifs is 20. The molecule has 4 aromatic carbocycles. The van der Waals surface area contributed by atoms with Crippen molar-refractivity contribution < 1.29 is 57.1 Å². The number of benzene rings is 4. The molecule has 5 saturated heterocycles. The number of nitrogens with one attached hydrogen (secondary N) is 8. The van der Waals surface area contributed by atoms with Crippen LogP contribution < -0.4 is 61.5 Å². The summed E-state index contributed by atoms with van der Waals surface area (Å²) in [6.45, 7) is 19.2. The highest BCUT2D eigenvalue weighted by atomic mass is 16.5. The summed E-state index contributed by atoms with van der Waals surface area (Å²) < 4.78 is 52.9. The van der Waals surface area contributed by atoms with Gasteiger partial charge in [-0.3, -0.25) is 42.5 Å². The Kier molecular flexibility index (Phi) is 30.6. The second kappa shape index (κ2) is 41.0. The molecule has 13 rings (SSSR count). The van der Waals surface area contributed by atoms with Crippen LogP contribution in [-0.4, -0.2) is 124 Å². The third kappa shape index (κ3) is 20.7. The molecule has 4 aliphatic carbocycles. The van der Waals surface area contributed by atoms with Gasteiger partial charge in [0.05, 0.1) is 98.0 Å². The molecule has 0 spiro atoms. The van der Waals surface area contributed by atoms with Crippen LogP contribution in [-0.2, 0) is 18.9 Å². The summed E-state index contributed by atoms with van der Waals surface area (Å²) in [4.78, 5) is 54.3. The van der Waals surface area contributed by atoms with Gasteiger partial charge in [-0.2, -0.15) is 0 Å². The maximum Gasteiger partial charge on any atom is 0.338 e. The summed E-state index contributed by atoms with van der Waals surface area (Å²) in [5, 5.41) is 34.7. The molecule has 4 saturated carbocycles. The topological polar surface area (TPSA) is 238 Å². The lowest BCUT2D eigenvalue weighted by molar-refractivity contribution is 0.0249. The summed E-state index contributed by atoms with van der Waals surface area (Å²) in [6, 6.07) is 30.5. The van der Waals surface area contributed by atoms with E-state index >= 15 is 0 Å². The van der Waals surface area contributed by atoms with E-state index in [1.165, 1.54) is 0 Å². The Bertz CT molecular complexity index is 3110. The van der Waals surface area contributed by atoms with Crippen molar-refractivity contribution in [1.29, 1.82) is 0 Å². The highest BCUT2D eigenvalue weighted by molar-refractivity contribution is 5.91. The maximum atomic E-state index is 13.6. The van der Waals surface area contributed by atoms with Gasteiger partial charge in [0, 0.05) is 23.7 Å². The lowest BCUT2D eigenvalue weighted by atomic mass is 9.74.